The quantitative estimate of drug-likeness (QED) is 0.688. The first kappa shape index (κ1) is 10.8. The Morgan fingerprint density at radius 2 is 1.62 bits per heavy atom. The maximum absolute atomic E-state index is 11.8. The van der Waals surface area contributed by atoms with E-state index in [-0.39, 0.29) is 10.8 Å². The van der Waals surface area contributed by atoms with Crippen LogP contribution in [0.15, 0.2) is 29.2 Å². The van der Waals surface area contributed by atoms with Crippen molar-refractivity contribution in [2.24, 2.45) is 0 Å². The second kappa shape index (κ2) is 4.28. The number of hydrogen-bond acceptors (Lipinski definition) is 2. The second-order valence-electron chi connectivity index (χ2n) is 2.43. The highest BCUT2D eigenvalue weighted by molar-refractivity contribution is 8.77. The van der Waals surface area contributed by atoms with E-state index in [0.717, 1.165) is 16.4 Å². The van der Waals surface area contributed by atoms with Crippen molar-refractivity contribution in [3.63, 3.8) is 0 Å². The van der Waals surface area contributed by atoms with Crippen molar-refractivity contribution in [1.82, 2.24) is 0 Å². The highest BCUT2D eigenvalue weighted by atomic mass is 33.1. The summed E-state index contributed by atoms with van der Waals surface area (Å²) in [4.78, 5) is 0.618. The maximum atomic E-state index is 11.8. The van der Waals surface area contributed by atoms with Crippen LogP contribution in [-0.4, -0.2) is 5.51 Å². The summed E-state index contributed by atoms with van der Waals surface area (Å²) in [5, 5.41) is 0. The second-order valence-corrected chi connectivity index (χ2v) is 4.69. The van der Waals surface area contributed by atoms with Crippen molar-refractivity contribution in [3.05, 3.63) is 29.8 Å². The first-order chi connectivity index (χ1) is 5.97. The number of rotatable bonds is 2. The van der Waals surface area contributed by atoms with Gasteiger partial charge in [-0.1, -0.05) is 17.7 Å². The van der Waals surface area contributed by atoms with E-state index in [1.165, 1.54) is 0 Å². The van der Waals surface area contributed by atoms with Crippen LogP contribution in [0.25, 0.3) is 0 Å². The standard InChI is InChI=1S/C8H7F3S2/c1-6-2-4-7(5-3-6)12-13-8(9,10)11/h2-5H,1H3. The van der Waals surface area contributed by atoms with Crippen molar-refractivity contribution in [2.45, 2.75) is 17.3 Å². The van der Waals surface area contributed by atoms with Gasteiger partial charge in [0.25, 0.3) is 0 Å². The smallest absolute Gasteiger partial charge is 0.160 e. The molecular formula is C8H7F3S2. The summed E-state index contributed by atoms with van der Waals surface area (Å²) in [5.74, 6) is 0. The topological polar surface area (TPSA) is 0 Å². The van der Waals surface area contributed by atoms with Crippen LogP contribution >= 0.6 is 21.6 Å². The van der Waals surface area contributed by atoms with Crippen LogP contribution in [0.1, 0.15) is 5.56 Å². The van der Waals surface area contributed by atoms with E-state index >= 15 is 0 Å². The lowest BCUT2D eigenvalue weighted by atomic mass is 10.2. The molecule has 0 saturated carbocycles. The predicted octanol–water partition coefficient (Wildman–Crippen LogP) is 4.26. The molecule has 72 valence electrons. The van der Waals surface area contributed by atoms with Crippen LogP contribution in [-0.2, 0) is 0 Å². The van der Waals surface area contributed by atoms with Gasteiger partial charge in [-0.3, -0.25) is 0 Å². The average molecular weight is 224 g/mol. The first-order valence-corrected chi connectivity index (χ1v) is 5.61. The fourth-order valence-corrected chi connectivity index (χ4v) is 2.03. The van der Waals surface area contributed by atoms with Crippen molar-refractivity contribution < 1.29 is 13.2 Å². The first-order valence-electron chi connectivity index (χ1n) is 3.46. The minimum atomic E-state index is -4.17. The lowest BCUT2D eigenvalue weighted by Crippen LogP contribution is -1.95. The van der Waals surface area contributed by atoms with E-state index in [1.807, 2.05) is 6.92 Å². The Kier molecular flexibility index (Phi) is 3.55. The zero-order valence-electron chi connectivity index (χ0n) is 6.76. The summed E-state index contributed by atoms with van der Waals surface area (Å²) < 4.78 is 35.3. The number of benzene rings is 1. The van der Waals surface area contributed by atoms with Crippen LogP contribution < -0.4 is 0 Å². The SMILES string of the molecule is Cc1ccc(SSC(F)(F)F)cc1. The van der Waals surface area contributed by atoms with Crippen molar-refractivity contribution in [3.8, 4) is 0 Å². The molecule has 0 N–H and O–H groups in total. The van der Waals surface area contributed by atoms with Gasteiger partial charge in [0.15, 0.2) is 0 Å². The van der Waals surface area contributed by atoms with E-state index in [2.05, 4.69) is 0 Å². The number of hydrogen-bond donors (Lipinski definition) is 0. The van der Waals surface area contributed by atoms with E-state index < -0.39 is 5.51 Å². The largest absolute Gasteiger partial charge is 0.452 e. The Morgan fingerprint density at radius 1 is 1.08 bits per heavy atom. The summed E-state index contributed by atoms with van der Waals surface area (Å²) in [7, 11) is 0.637. The molecule has 1 rings (SSSR count). The monoisotopic (exact) mass is 224 g/mol. The molecule has 0 nitrogen and oxygen atoms in total. The maximum Gasteiger partial charge on any atom is 0.452 e. The van der Waals surface area contributed by atoms with Crippen LogP contribution in [0.4, 0.5) is 13.2 Å². The van der Waals surface area contributed by atoms with Gasteiger partial charge in [0.05, 0.1) is 0 Å². The van der Waals surface area contributed by atoms with Crippen LogP contribution in [0.3, 0.4) is 0 Å². The van der Waals surface area contributed by atoms with Gasteiger partial charge in [-0.2, -0.15) is 13.2 Å². The molecule has 0 radical (unpaired) electrons. The van der Waals surface area contributed by atoms with Crippen molar-refractivity contribution in [1.29, 1.82) is 0 Å². The molecule has 0 bridgehead atoms. The normalized spacial score (nSPS) is 11.7. The molecule has 0 atom stereocenters. The Bertz CT molecular complexity index is 266. The Labute approximate surface area is 82.3 Å². The third-order valence-electron chi connectivity index (χ3n) is 1.25. The highest BCUT2D eigenvalue weighted by Gasteiger charge is 2.28. The van der Waals surface area contributed by atoms with Gasteiger partial charge in [-0.25, -0.2) is 0 Å². The molecule has 0 spiro atoms. The number of aryl methyl sites for hydroxylation is 1. The summed E-state index contributed by atoms with van der Waals surface area (Å²) in [6.45, 7) is 1.89. The molecule has 0 heterocycles. The lowest BCUT2D eigenvalue weighted by Gasteiger charge is -2.04. The van der Waals surface area contributed by atoms with Gasteiger partial charge >= 0.3 is 5.51 Å². The fraction of sp³-hybridized carbons (Fsp3) is 0.250. The molecule has 0 saturated heterocycles. The average Bonchev–Trinajstić information content (AvgIpc) is 2.02. The molecule has 0 unspecified atom stereocenters. The minimum Gasteiger partial charge on any atom is -0.160 e. The molecule has 0 amide bonds. The highest BCUT2D eigenvalue weighted by Crippen LogP contribution is 2.43. The number of alkyl halides is 3. The molecule has 0 aromatic heterocycles. The van der Waals surface area contributed by atoms with Crippen LogP contribution in [0.5, 0.6) is 0 Å². The molecule has 13 heavy (non-hydrogen) atoms. The Balaban J connectivity index is 2.51. The molecule has 1 aromatic carbocycles. The third kappa shape index (κ3) is 4.47. The van der Waals surface area contributed by atoms with Gasteiger partial charge in [0.2, 0.25) is 0 Å². The predicted molar refractivity (Wildman–Crippen MR) is 50.7 cm³/mol. The fourth-order valence-electron chi connectivity index (χ4n) is 0.689. The molecule has 0 aliphatic rings. The zero-order chi connectivity index (χ0) is 9.90. The van der Waals surface area contributed by atoms with E-state index in [4.69, 9.17) is 0 Å². The van der Waals surface area contributed by atoms with Gasteiger partial charge in [0.1, 0.15) is 0 Å². The van der Waals surface area contributed by atoms with Gasteiger partial charge in [-0.15, -0.1) is 0 Å². The van der Waals surface area contributed by atoms with Gasteiger partial charge in [0, 0.05) is 15.7 Å². The van der Waals surface area contributed by atoms with E-state index in [0.29, 0.717) is 4.90 Å². The Morgan fingerprint density at radius 3 is 2.08 bits per heavy atom. The molecule has 1 aromatic rings. The molecule has 0 fully saturated rings. The third-order valence-corrected chi connectivity index (χ3v) is 3.38. The summed E-state index contributed by atoms with van der Waals surface area (Å²) >= 11 is 0. The molecular weight excluding hydrogens is 217 g/mol. The Hall–Kier alpha value is -0.290. The summed E-state index contributed by atoms with van der Waals surface area (Å²) in [6.07, 6.45) is 0. The summed E-state index contributed by atoms with van der Waals surface area (Å²) in [5.41, 5.74) is -3.13. The van der Waals surface area contributed by atoms with Crippen molar-refractivity contribution >= 4 is 21.6 Å². The molecule has 0 aliphatic heterocycles. The number of halogens is 3. The van der Waals surface area contributed by atoms with Gasteiger partial charge in [-0.05, 0) is 29.9 Å². The van der Waals surface area contributed by atoms with Crippen molar-refractivity contribution in [2.75, 3.05) is 0 Å². The van der Waals surface area contributed by atoms with Crippen LogP contribution in [0.2, 0.25) is 0 Å². The molecule has 5 heteroatoms. The van der Waals surface area contributed by atoms with Crippen LogP contribution in [0, 0.1) is 6.92 Å². The minimum absolute atomic E-state index is 0.0908. The zero-order valence-corrected chi connectivity index (χ0v) is 8.39. The van der Waals surface area contributed by atoms with Gasteiger partial charge < -0.3 is 0 Å². The van der Waals surface area contributed by atoms with E-state index in [9.17, 15) is 13.2 Å². The van der Waals surface area contributed by atoms with E-state index in [1.54, 1.807) is 24.3 Å². The lowest BCUT2D eigenvalue weighted by molar-refractivity contribution is -0.0311. The summed E-state index contributed by atoms with van der Waals surface area (Å²) in [6, 6.07) is 6.94. The molecule has 0 aliphatic carbocycles.